The normalized spacial score (nSPS) is 12.9. The van der Waals surface area contributed by atoms with Crippen LogP contribution in [0.4, 0.5) is 0 Å². The summed E-state index contributed by atoms with van der Waals surface area (Å²) in [5.74, 6) is 0.141. The summed E-state index contributed by atoms with van der Waals surface area (Å²) < 4.78 is 0. The van der Waals surface area contributed by atoms with Gasteiger partial charge >= 0.3 is 0 Å². The van der Waals surface area contributed by atoms with E-state index in [0.29, 0.717) is 6.04 Å². The van der Waals surface area contributed by atoms with Gasteiger partial charge in [0.2, 0.25) is 0 Å². The molecule has 0 saturated carbocycles. The van der Waals surface area contributed by atoms with Gasteiger partial charge in [0, 0.05) is 17.6 Å². The molecule has 0 aliphatic rings. The molecular weight excluding hydrogens is 276 g/mol. The Balaban J connectivity index is 2.03. The molecule has 2 heterocycles. The molecule has 0 aliphatic heterocycles. The number of aryl methyl sites for hydroxylation is 1. The van der Waals surface area contributed by atoms with Gasteiger partial charge in [0.05, 0.1) is 10.9 Å². The van der Waals surface area contributed by atoms with E-state index in [1.807, 2.05) is 13.0 Å². The van der Waals surface area contributed by atoms with Crippen molar-refractivity contribution >= 4 is 28.5 Å². The molecule has 2 aromatic rings. The van der Waals surface area contributed by atoms with Crippen molar-refractivity contribution in [3.8, 4) is 0 Å². The predicted molar refractivity (Wildman–Crippen MR) is 81.1 cm³/mol. The molecule has 0 unspecified atom stereocenters. The number of nitrogens with zero attached hydrogens (tertiary/aromatic N) is 2. The van der Waals surface area contributed by atoms with E-state index in [4.69, 9.17) is 0 Å². The largest absolute Gasteiger partial charge is 0.294 e. The molecule has 0 saturated heterocycles. The summed E-state index contributed by atoms with van der Waals surface area (Å²) in [5, 5.41) is 5.28. The van der Waals surface area contributed by atoms with Gasteiger partial charge in [-0.2, -0.15) is 0 Å². The summed E-state index contributed by atoms with van der Waals surface area (Å²) in [5.41, 5.74) is 2.27. The number of carbonyl (C=O) groups excluding carboxylic acids is 1. The molecular formula is C14H18N2OS2. The summed E-state index contributed by atoms with van der Waals surface area (Å²) in [6.07, 6.45) is 0. The standard InChI is InChI=1S/C14H18N2OS2/c1-9-7-19-14(15-9)10(2)16(4)6-12-5-13(11(3)17)18-8-12/h5,7-8,10H,6H2,1-4H3/t10-/m0/s1. The van der Waals surface area contributed by atoms with Crippen LogP contribution in [0, 0.1) is 6.92 Å². The average Bonchev–Trinajstić information content (AvgIpc) is 2.97. The van der Waals surface area contributed by atoms with Crippen LogP contribution in [0.1, 0.15) is 45.8 Å². The molecule has 2 rings (SSSR count). The van der Waals surface area contributed by atoms with Crippen molar-refractivity contribution in [2.24, 2.45) is 0 Å². The van der Waals surface area contributed by atoms with Crippen LogP contribution in [-0.2, 0) is 6.54 Å². The third-order valence-electron chi connectivity index (χ3n) is 3.09. The number of ketones is 1. The molecule has 0 N–H and O–H groups in total. The van der Waals surface area contributed by atoms with Crippen LogP contribution >= 0.6 is 22.7 Å². The first kappa shape index (κ1) is 14.4. The summed E-state index contributed by atoms with van der Waals surface area (Å²) in [6.45, 7) is 6.63. The molecule has 0 aromatic carbocycles. The Morgan fingerprint density at radius 2 is 2.16 bits per heavy atom. The van der Waals surface area contributed by atoms with E-state index in [1.54, 1.807) is 18.3 Å². The summed E-state index contributed by atoms with van der Waals surface area (Å²) in [4.78, 5) is 18.9. The predicted octanol–water partition coefficient (Wildman–Crippen LogP) is 3.91. The highest BCUT2D eigenvalue weighted by atomic mass is 32.1. The number of thiophene rings is 1. The lowest BCUT2D eigenvalue weighted by atomic mass is 10.2. The Hall–Kier alpha value is -1.04. The summed E-state index contributed by atoms with van der Waals surface area (Å²) >= 11 is 3.22. The molecule has 5 heteroatoms. The van der Waals surface area contributed by atoms with Crippen LogP contribution in [-0.4, -0.2) is 22.7 Å². The van der Waals surface area contributed by atoms with Crippen molar-refractivity contribution in [3.63, 3.8) is 0 Å². The van der Waals surface area contributed by atoms with E-state index >= 15 is 0 Å². The fourth-order valence-electron chi connectivity index (χ4n) is 1.82. The van der Waals surface area contributed by atoms with E-state index < -0.39 is 0 Å². The Morgan fingerprint density at radius 3 is 2.68 bits per heavy atom. The number of rotatable bonds is 5. The Bertz CT molecular complexity index is 574. The number of Topliss-reactive ketones (excluding diaryl/α,β-unsaturated/α-hetero) is 1. The minimum Gasteiger partial charge on any atom is -0.294 e. The Kier molecular flexibility index (Phi) is 4.50. The van der Waals surface area contributed by atoms with E-state index in [2.05, 4.69) is 34.6 Å². The van der Waals surface area contributed by atoms with Crippen molar-refractivity contribution in [1.82, 2.24) is 9.88 Å². The first-order chi connectivity index (χ1) is 8.97. The van der Waals surface area contributed by atoms with Crippen molar-refractivity contribution in [3.05, 3.63) is 38.0 Å². The van der Waals surface area contributed by atoms with Gasteiger partial charge < -0.3 is 0 Å². The highest BCUT2D eigenvalue weighted by molar-refractivity contribution is 7.12. The molecule has 0 radical (unpaired) electrons. The van der Waals surface area contributed by atoms with Crippen LogP contribution in [0.3, 0.4) is 0 Å². The first-order valence-electron chi connectivity index (χ1n) is 6.18. The lowest BCUT2D eigenvalue weighted by Crippen LogP contribution is -2.21. The fourth-order valence-corrected chi connectivity index (χ4v) is 3.54. The van der Waals surface area contributed by atoms with Gasteiger partial charge in [0.1, 0.15) is 5.01 Å². The maximum absolute atomic E-state index is 11.3. The van der Waals surface area contributed by atoms with Crippen LogP contribution in [0.15, 0.2) is 16.8 Å². The van der Waals surface area contributed by atoms with Gasteiger partial charge in [-0.15, -0.1) is 22.7 Å². The first-order valence-corrected chi connectivity index (χ1v) is 7.94. The smallest absolute Gasteiger partial charge is 0.169 e. The molecule has 102 valence electrons. The van der Waals surface area contributed by atoms with Crippen LogP contribution in [0.2, 0.25) is 0 Å². The molecule has 0 aliphatic carbocycles. The number of aromatic nitrogens is 1. The maximum Gasteiger partial charge on any atom is 0.169 e. The number of hydrogen-bond acceptors (Lipinski definition) is 5. The second kappa shape index (κ2) is 5.94. The van der Waals surface area contributed by atoms with Crippen molar-refractivity contribution in [2.75, 3.05) is 7.05 Å². The SMILES string of the molecule is CC(=O)c1cc(CN(C)[C@@H](C)c2nc(C)cs2)cs1. The molecule has 0 amide bonds. The minimum atomic E-state index is 0.141. The molecule has 1 atom stereocenters. The number of thiazole rings is 1. The second-order valence-electron chi connectivity index (χ2n) is 4.79. The lowest BCUT2D eigenvalue weighted by molar-refractivity contribution is 0.102. The van der Waals surface area contributed by atoms with Gasteiger partial charge in [0.15, 0.2) is 5.78 Å². The molecule has 0 bridgehead atoms. The Morgan fingerprint density at radius 1 is 1.42 bits per heavy atom. The zero-order valence-corrected chi connectivity index (χ0v) is 13.3. The van der Waals surface area contributed by atoms with Crippen molar-refractivity contribution in [2.45, 2.75) is 33.4 Å². The van der Waals surface area contributed by atoms with Crippen molar-refractivity contribution in [1.29, 1.82) is 0 Å². The highest BCUT2D eigenvalue weighted by Crippen LogP contribution is 2.25. The van der Waals surface area contributed by atoms with Gasteiger partial charge in [-0.05, 0) is 44.8 Å². The third-order valence-corrected chi connectivity index (χ3v) is 5.30. The molecule has 2 aromatic heterocycles. The Labute approximate surface area is 121 Å². The lowest BCUT2D eigenvalue weighted by Gasteiger charge is -2.22. The second-order valence-corrected chi connectivity index (χ2v) is 6.59. The average molecular weight is 294 g/mol. The van der Waals surface area contributed by atoms with Gasteiger partial charge in [-0.1, -0.05) is 0 Å². The minimum absolute atomic E-state index is 0.141. The molecule has 0 fully saturated rings. The van der Waals surface area contributed by atoms with E-state index in [-0.39, 0.29) is 5.78 Å². The number of carbonyl (C=O) groups is 1. The van der Waals surface area contributed by atoms with Gasteiger partial charge in [-0.3, -0.25) is 9.69 Å². The van der Waals surface area contributed by atoms with E-state index in [0.717, 1.165) is 22.1 Å². The fraction of sp³-hybridized carbons (Fsp3) is 0.429. The maximum atomic E-state index is 11.3. The summed E-state index contributed by atoms with van der Waals surface area (Å²) in [6, 6.07) is 2.28. The van der Waals surface area contributed by atoms with Crippen LogP contribution in [0.5, 0.6) is 0 Å². The van der Waals surface area contributed by atoms with E-state index in [1.165, 1.54) is 16.9 Å². The van der Waals surface area contributed by atoms with Crippen molar-refractivity contribution < 1.29 is 4.79 Å². The van der Waals surface area contributed by atoms with Crippen LogP contribution < -0.4 is 0 Å². The summed E-state index contributed by atoms with van der Waals surface area (Å²) in [7, 11) is 2.09. The quantitative estimate of drug-likeness (QED) is 0.784. The van der Waals surface area contributed by atoms with Gasteiger partial charge in [-0.25, -0.2) is 4.98 Å². The molecule has 3 nitrogen and oxygen atoms in total. The number of hydrogen-bond donors (Lipinski definition) is 0. The third kappa shape index (κ3) is 3.49. The van der Waals surface area contributed by atoms with Gasteiger partial charge in [0.25, 0.3) is 0 Å². The molecule has 0 spiro atoms. The zero-order valence-electron chi connectivity index (χ0n) is 11.6. The van der Waals surface area contributed by atoms with E-state index in [9.17, 15) is 4.79 Å². The highest BCUT2D eigenvalue weighted by Gasteiger charge is 2.16. The topological polar surface area (TPSA) is 33.2 Å². The monoisotopic (exact) mass is 294 g/mol. The molecule has 19 heavy (non-hydrogen) atoms. The zero-order chi connectivity index (χ0) is 14.0. The van der Waals surface area contributed by atoms with Crippen LogP contribution in [0.25, 0.3) is 0 Å².